The second kappa shape index (κ2) is 14.7. The number of aliphatic hydroxyl groups excluding tert-OH is 2. The average Bonchev–Trinajstić information content (AvgIpc) is 3.31. The van der Waals surface area contributed by atoms with Gasteiger partial charge in [-0.15, -0.1) is 0 Å². The molecule has 2 N–H and O–H groups in total. The second-order valence-corrected chi connectivity index (χ2v) is 15.9. The predicted molar refractivity (Wildman–Crippen MR) is 193 cm³/mol. The maximum absolute atomic E-state index is 15.1. The minimum atomic E-state index is -3.84. The van der Waals surface area contributed by atoms with Gasteiger partial charge in [-0.05, 0) is 68.7 Å². The number of carbonyl (C=O) groups excluding carboxylic acids is 2. The van der Waals surface area contributed by atoms with Crippen molar-refractivity contribution in [1.82, 2.24) is 14.7 Å². The number of piperazine rings is 1. The largest absolute Gasteiger partial charge is 0.493 e. The number of nitrogens with zero attached hydrogens (tertiary/aromatic N) is 4. The first kappa shape index (κ1) is 37.9. The van der Waals surface area contributed by atoms with Crippen LogP contribution in [0.3, 0.4) is 0 Å². The number of amidine groups is 1. The van der Waals surface area contributed by atoms with Gasteiger partial charge in [0.1, 0.15) is 29.2 Å². The molecule has 1 saturated heterocycles. The molecule has 11 nitrogen and oxygen atoms in total. The minimum Gasteiger partial charge on any atom is -0.493 e. The molecule has 0 aromatic heterocycles. The maximum atomic E-state index is 15.1. The smallest absolute Gasteiger partial charge is 0.327 e. The molecule has 3 aromatic carbocycles. The summed E-state index contributed by atoms with van der Waals surface area (Å²) in [4.78, 5) is 38.0. The summed E-state index contributed by atoms with van der Waals surface area (Å²) in [5.74, 6) is -0.0126. The van der Waals surface area contributed by atoms with Crippen LogP contribution in [0.2, 0.25) is 15.1 Å². The lowest BCUT2D eigenvalue weighted by molar-refractivity contribution is -0.135. The molecule has 15 heteroatoms. The van der Waals surface area contributed by atoms with Crippen molar-refractivity contribution in [3.8, 4) is 5.75 Å². The van der Waals surface area contributed by atoms with Crippen molar-refractivity contribution in [1.29, 1.82) is 0 Å². The number of halogens is 3. The average molecular weight is 766 g/mol. The summed E-state index contributed by atoms with van der Waals surface area (Å²) >= 11 is 19.1. The Bertz CT molecular complexity index is 1910. The van der Waals surface area contributed by atoms with E-state index in [2.05, 4.69) is 0 Å². The molecule has 3 amide bonds. The molecular weight excluding hydrogens is 727 g/mol. The lowest BCUT2D eigenvalue weighted by Gasteiger charge is -2.47. The summed E-state index contributed by atoms with van der Waals surface area (Å²) in [5.41, 5.74) is -0.962. The Labute approximate surface area is 306 Å². The molecule has 3 unspecified atom stereocenters. The fourth-order valence-corrected chi connectivity index (χ4v) is 8.05. The molecule has 0 radical (unpaired) electrons. The van der Waals surface area contributed by atoms with Crippen LogP contribution in [0, 0.1) is 0 Å². The Morgan fingerprint density at radius 1 is 1.00 bits per heavy atom. The van der Waals surface area contributed by atoms with Crippen molar-refractivity contribution in [2.45, 2.75) is 49.3 Å². The lowest BCUT2D eigenvalue weighted by Crippen LogP contribution is -2.61. The van der Waals surface area contributed by atoms with E-state index in [-0.39, 0.29) is 72.2 Å². The molecule has 1 fully saturated rings. The Kier molecular flexibility index (Phi) is 11.1. The van der Waals surface area contributed by atoms with Crippen LogP contribution in [-0.2, 0) is 25.7 Å². The van der Waals surface area contributed by atoms with Gasteiger partial charge in [-0.3, -0.25) is 14.7 Å². The molecule has 50 heavy (non-hydrogen) atoms. The highest BCUT2D eigenvalue weighted by Crippen LogP contribution is 2.54. The molecular formula is C35H39Cl3N4O7S. The van der Waals surface area contributed by atoms with Gasteiger partial charge >= 0.3 is 6.03 Å². The molecule has 0 aliphatic carbocycles. The number of amides is 3. The number of aliphatic imine (C=N–C) groups is 1. The number of rotatable bonds is 10. The van der Waals surface area contributed by atoms with Crippen molar-refractivity contribution in [3.05, 3.63) is 92.4 Å². The molecule has 2 aliphatic rings. The molecule has 0 spiro atoms. The number of benzene rings is 3. The van der Waals surface area contributed by atoms with Gasteiger partial charge in [0, 0.05) is 42.0 Å². The molecule has 0 bridgehead atoms. The zero-order valence-electron chi connectivity index (χ0n) is 28.1. The van der Waals surface area contributed by atoms with Gasteiger partial charge in [-0.1, -0.05) is 59.1 Å². The second-order valence-electron chi connectivity index (χ2n) is 12.6. The number of ether oxygens (including phenoxy) is 1. The van der Waals surface area contributed by atoms with E-state index in [0.717, 1.165) is 6.26 Å². The third-order valence-electron chi connectivity index (χ3n) is 9.45. The summed E-state index contributed by atoms with van der Waals surface area (Å²) < 4.78 is 31.9. The summed E-state index contributed by atoms with van der Waals surface area (Å²) in [6.45, 7) is 5.59. The Hall–Kier alpha value is -3.39. The van der Waals surface area contributed by atoms with Gasteiger partial charge in [0.2, 0.25) is 5.91 Å². The highest BCUT2D eigenvalue weighted by atomic mass is 35.5. The van der Waals surface area contributed by atoms with Gasteiger partial charge in [0.15, 0.2) is 9.84 Å². The predicted octanol–water partition coefficient (Wildman–Crippen LogP) is 5.35. The minimum absolute atomic E-state index is 0.0508. The number of aliphatic hydroxyl groups is 2. The molecule has 2 heterocycles. The normalized spacial score (nSPS) is 21.7. The van der Waals surface area contributed by atoms with E-state index < -0.39 is 39.7 Å². The quantitative estimate of drug-likeness (QED) is 0.284. The summed E-state index contributed by atoms with van der Waals surface area (Å²) in [6.07, 6.45) is 0.261. The van der Waals surface area contributed by atoms with Crippen LogP contribution in [0.25, 0.3) is 0 Å². The first-order valence-corrected chi connectivity index (χ1v) is 19.0. The topological polar surface area (TPSA) is 140 Å². The van der Waals surface area contributed by atoms with Gasteiger partial charge in [-0.2, -0.15) is 0 Å². The van der Waals surface area contributed by atoms with Crippen molar-refractivity contribution in [2.24, 2.45) is 4.99 Å². The number of sulfone groups is 1. The highest BCUT2D eigenvalue weighted by molar-refractivity contribution is 7.90. The van der Waals surface area contributed by atoms with Crippen LogP contribution in [0.1, 0.15) is 43.9 Å². The third kappa shape index (κ3) is 7.06. The monoisotopic (exact) mass is 764 g/mol. The fourth-order valence-electron chi connectivity index (χ4n) is 6.48. The van der Waals surface area contributed by atoms with Crippen LogP contribution >= 0.6 is 34.8 Å². The zero-order valence-corrected chi connectivity index (χ0v) is 31.2. The Morgan fingerprint density at radius 3 is 2.14 bits per heavy atom. The molecule has 0 saturated carbocycles. The van der Waals surface area contributed by atoms with Gasteiger partial charge < -0.3 is 24.7 Å². The number of hydrogen-bond acceptors (Lipinski definition) is 8. The third-order valence-corrected chi connectivity index (χ3v) is 11.5. The lowest BCUT2D eigenvalue weighted by atomic mass is 9.71. The van der Waals surface area contributed by atoms with E-state index in [4.69, 9.17) is 44.5 Å². The van der Waals surface area contributed by atoms with Crippen molar-refractivity contribution in [2.75, 3.05) is 45.6 Å². The SMILES string of the molecule is CCOc1cc(Cl)c(S(C)(=O)=O)cc1C1=NC(C)(c2ccc(Cl)cc2)C(C)(c2ccc(Cl)cc2)N1C(=O)N1CCN(CCC(O)CO)C(=O)C1. The first-order valence-electron chi connectivity index (χ1n) is 16.0. The number of hydrogen-bond donors (Lipinski definition) is 2. The van der Waals surface area contributed by atoms with Crippen LogP contribution in [0.15, 0.2) is 70.6 Å². The van der Waals surface area contributed by atoms with Crippen molar-refractivity contribution >= 4 is 62.4 Å². The van der Waals surface area contributed by atoms with Gasteiger partial charge in [-0.25, -0.2) is 13.2 Å². The zero-order chi connectivity index (χ0) is 36.6. The highest BCUT2D eigenvalue weighted by Gasteiger charge is 2.60. The van der Waals surface area contributed by atoms with Crippen LogP contribution in [0.5, 0.6) is 5.75 Å². The van der Waals surface area contributed by atoms with E-state index in [1.165, 1.54) is 21.9 Å². The van der Waals surface area contributed by atoms with E-state index >= 15 is 4.79 Å². The molecule has 3 aromatic rings. The summed E-state index contributed by atoms with van der Waals surface area (Å²) in [6, 6.07) is 16.3. The van der Waals surface area contributed by atoms with Crippen LogP contribution in [0.4, 0.5) is 4.79 Å². The Morgan fingerprint density at radius 2 is 1.60 bits per heavy atom. The van der Waals surface area contributed by atoms with Crippen LogP contribution in [-0.4, -0.2) is 103 Å². The van der Waals surface area contributed by atoms with E-state index in [0.29, 0.717) is 21.2 Å². The number of carbonyl (C=O) groups is 2. The van der Waals surface area contributed by atoms with E-state index in [9.17, 15) is 23.4 Å². The van der Waals surface area contributed by atoms with Crippen molar-refractivity contribution in [3.63, 3.8) is 0 Å². The van der Waals surface area contributed by atoms with Gasteiger partial charge in [0.25, 0.3) is 0 Å². The molecule has 2 aliphatic heterocycles. The standard InChI is InChI=1S/C35H39Cl3N4O7S/c1-5-49-29-19-28(38)30(50(4,47)48)18-27(29)32-39-34(2,22-6-10-24(36)11-7-22)35(3,23-8-12-25(37)13-9-23)42(32)33(46)41-17-16-40(31(45)20-41)15-14-26(44)21-43/h6-13,18-19,26,43-44H,5,14-17,20-21H2,1-4H3. The molecule has 5 rings (SSSR count). The van der Waals surface area contributed by atoms with E-state index in [1.54, 1.807) is 48.2 Å². The molecule has 3 atom stereocenters. The fraction of sp³-hybridized carbons (Fsp3) is 0.400. The van der Waals surface area contributed by atoms with Crippen molar-refractivity contribution < 1.29 is 33.0 Å². The van der Waals surface area contributed by atoms with E-state index in [1.807, 2.05) is 26.0 Å². The Balaban J connectivity index is 1.74. The maximum Gasteiger partial charge on any atom is 0.327 e. The first-order chi connectivity index (χ1) is 23.5. The molecule has 268 valence electrons. The summed E-state index contributed by atoms with van der Waals surface area (Å²) in [5, 5.41) is 20.0. The van der Waals surface area contributed by atoms with Crippen LogP contribution < -0.4 is 4.74 Å². The summed E-state index contributed by atoms with van der Waals surface area (Å²) in [7, 11) is -3.84. The van der Waals surface area contributed by atoms with Gasteiger partial charge in [0.05, 0.1) is 34.8 Å². The number of urea groups is 1.